The van der Waals surface area contributed by atoms with Gasteiger partial charge in [0, 0.05) is 24.2 Å². The fourth-order valence-corrected chi connectivity index (χ4v) is 1.88. The zero-order chi connectivity index (χ0) is 12.4. The largest absolute Gasteiger partial charge is 0.440 e. The van der Waals surface area contributed by atoms with E-state index in [1.165, 1.54) is 18.0 Å². The van der Waals surface area contributed by atoms with E-state index in [-0.39, 0.29) is 5.95 Å². The second-order valence-electron chi connectivity index (χ2n) is 3.15. The number of nitrogens with zero attached hydrogens (tertiary/aromatic N) is 6. The van der Waals surface area contributed by atoms with Gasteiger partial charge in [-0.05, 0) is 0 Å². The maximum Gasteiger partial charge on any atom is 0.263 e. The number of oxazole rings is 1. The highest BCUT2D eigenvalue weighted by atomic mass is 32.2. The van der Waals surface area contributed by atoms with Gasteiger partial charge in [0.2, 0.25) is 17.1 Å². The molecule has 0 aliphatic heterocycles. The molecule has 18 heavy (non-hydrogen) atoms. The minimum absolute atomic E-state index is 0.128. The molecule has 0 amide bonds. The van der Waals surface area contributed by atoms with Gasteiger partial charge in [-0.25, -0.2) is 9.97 Å². The van der Waals surface area contributed by atoms with E-state index in [0.29, 0.717) is 16.3 Å². The van der Waals surface area contributed by atoms with Crippen LogP contribution in [0, 0.1) is 0 Å². The average Bonchev–Trinajstić information content (AvgIpc) is 3.00. The molecule has 3 aromatic heterocycles. The van der Waals surface area contributed by atoms with Gasteiger partial charge in [0.15, 0.2) is 0 Å². The predicted octanol–water partition coefficient (Wildman–Crippen LogP) is 0.779. The van der Waals surface area contributed by atoms with Crippen LogP contribution in [-0.2, 0) is 0 Å². The topological polar surface area (TPSA) is 109 Å². The van der Waals surface area contributed by atoms with Crippen LogP contribution in [0.1, 0.15) is 0 Å². The zero-order valence-corrected chi connectivity index (χ0v) is 9.78. The first-order valence-electron chi connectivity index (χ1n) is 4.88. The summed E-state index contributed by atoms with van der Waals surface area (Å²) in [7, 11) is 0. The van der Waals surface area contributed by atoms with Crippen molar-refractivity contribution in [1.82, 2.24) is 29.5 Å². The van der Waals surface area contributed by atoms with Gasteiger partial charge in [0.25, 0.3) is 5.22 Å². The Balaban J connectivity index is 1.96. The van der Waals surface area contributed by atoms with Crippen LogP contribution in [0.4, 0.5) is 5.95 Å². The highest BCUT2D eigenvalue weighted by Gasteiger charge is 2.09. The zero-order valence-electron chi connectivity index (χ0n) is 8.96. The van der Waals surface area contributed by atoms with Crippen molar-refractivity contribution in [1.29, 1.82) is 0 Å². The number of aromatic nitrogens is 6. The fraction of sp³-hybridized carbons (Fsp3) is 0. The van der Waals surface area contributed by atoms with Gasteiger partial charge in [-0.1, -0.05) is 0 Å². The van der Waals surface area contributed by atoms with Crippen molar-refractivity contribution in [2.75, 3.05) is 5.73 Å². The molecule has 0 spiro atoms. The van der Waals surface area contributed by atoms with E-state index in [2.05, 4.69) is 24.9 Å². The first-order valence-corrected chi connectivity index (χ1v) is 5.70. The van der Waals surface area contributed by atoms with Crippen molar-refractivity contribution in [3.63, 3.8) is 0 Å². The lowest BCUT2D eigenvalue weighted by atomic mass is 10.8. The summed E-state index contributed by atoms with van der Waals surface area (Å²) in [5.74, 6) is 0.525. The quantitative estimate of drug-likeness (QED) is 0.736. The van der Waals surface area contributed by atoms with Crippen molar-refractivity contribution in [2.24, 2.45) is 0 Å². The van der Waals surface area contributed by atoms with Gasteiger partial charge in [-0.3, -0.25) is 4.57 Å². The number of nitrogen functional groups attached to an aromatic ring is 1. The van der Waals surface area contributed by atoms with Crippen LogP contribution in [0.5, 0.6) is 0 Å². The molecule has 0 atom stereocenters. The molecule has 0 aliphatic rings. The van der Waals surface area contributed by atoms with E-state index in [0.717, 1.165) is 0 Å². The molecule has 8 nitrogen and oxygen atoms in total. The third kappa shape index (κ3) is 2.15. The number of imidazole rings is 1. The lowest BCUT2D eigenvalue weighted by Gasteiger charge is -2.02. The van der Waals surface area contributed by atoms with Crippen molar-refractivity contribution in [3.8, 4) is 5.95 Å². The lowest BCUT2D eigenvalue weighted by molar-refractivity contribution is 0.453. The first kappa shape index (κ1) is 10.7. The van der Waals surface area contributed by atoms with Gasteiger partial charge in [0.1, 0.15) is 12.6 Å². The van der Waals surface area contributed by atoms with Crippen LogP contribution in [0.3, 0.4) is 0 Å². The van der Waals surface area contributed by atoms with Crippen molar-refractivity contribution in [3.05, 3.63) is 31.2 Å². The second-order valence-corrected chi connectivity index (χ2v) is 4.06. The molecule has 0 radical (unpaired) electrons. The Morgan fingerprint density at radius 1 is 1.22 bits per heavy atom. The smallest absolute Gasteiger partial charge is 0.263 e. The molecule has 3 rings (SSSR count). The summed E-state index contributed by atoms with van der Waals surface area (Å²) in [5, 5.41) is 0.853. The molecule has 9 heteroatoms. The summed E-state index contributed by atoms with van der Waals surface area (Å²) < 4.78 is 6.74. The van der Waals surface area contributed by atoms with E-state index in [9.17, 15) is 0 Å². The van der Waals surface area contributed by atoms with Crippen LogP contribution < -0.4 is 5.73 Å². The standard InChI is InChI=1S/C9H7N7OS/c10-6-13-7(16-3-1-11-5-16)15-8(14-6)18-9-12-2-4-17-9/h1-5H,(H2,10,13,14,15). The predicted molar refractivity (Wildman–Crippen MR) is 62.0 cm³/mol. The summed E-state index contributed by atoms with van der Waals surface area (Å²) in [5.41, 5.74) is 5.63. The van der Waals surface area contributed by atoms with E-state index in [4.69, 9.17) is 10.2 Å². The molecule has 90 valence electrons. The molecular weight excluding hydrogens is 254 g/mol. The Kier molecular flexibility index (Phi) is 2.65. The number of anilines is 1. The molecule has 0 aromatic carbocycles. The Morgan fingerprint density at radius 2 is 2.17 bits per heavy atom. The monoisotopic (exact) mass is 261 g/mol. The molecule has 0 bridgehead atoms. The number of nitrogens with two attached hydrogens (primary N) is 1. The van der Waals surface area contributed by atoms with Crippen LogP contribution in [-0.4, -0.2) is 29.5 Å². The molecule has 0 unspecified atom stereocenters. The Morgan fingerprint density at radius 3 is 2.89 bits per heavy atom. The van der Waals surface area contributed by atoms with E-state index < -0.39 is 0 Å². The van der Waals surface area contributed by atoms with Crippen LogP contribution >= 0.6 is 11.8 Å². The first-order chi connectivity index (χ1) is 8.81. The SMILES string of the molecule is Nc1nc(Sc2ncco2)nc(-n2ccnc2)n1. The summed E-state index contributed by atoms with van der Waals surface area (Å²) in [6.45, 7) is 0. The summed E-state index contributed by atoms with van der Waals surface area (Å²) in [4.78, 5) is 20.1. The van der Waals surface area contributed by atoms with Crippen molar-refractivity contribution >= 4 is 17.7 Å². The van der Waals surface area contributed by atoms with Crippen molar-refractivity contribution in [2.45, 2.75) is 10.4 Å². The van der Waals surface area contributed by atoms with E-state index in [1.807, 2.05) is 0 Å². The number of hydrogen-bond acceptors (Lipinski definition) is 8. The van der Waals surface area contributed by atoms with Gasteiger partial charge in [0.05, 0.1) is 6.20 Å². The van der Waals surface area contributed by atoms with Crippen LogP contribution in [0.15, 0.2) is 46.0 Å². The minimum atomic E-state index is 0.128. The maximum absolute atomic E-state index is 5.63. The molecule has 0 saturated heterocycles. The van der Waals surface area contributed by atoms with Gasteiger partial charge in [-0.2, -0.15) is 15.0 Å². The molecule has 3 heterocycles. The van der Waals surface area contributed by atoms with Gasteiger partial charge < -0.3 is 10.2 Å². The highest BCUT2D eigenvalue weighted by molar-refractivity contribution is 7.98. The van der Waals surface area contributed by atoms with Gasteiger partial charge >= 0.3 is 0 Å². The van der Waals surface area contributed by atoms with Crippen LogP contribution in [0.25, 0.3) is 5.95 Å². The third-order valence-corrected chi connectivity index (χ3v) is 2.69. The molecule has 2 N–H and O–H groups in total. The average molecular weight is 261 g/mol. The molecule has 0 saturated carbocycles. The van der Waals surface area contributed by atoms with Crippen molar-refractivity contribution < 1.29 is 4.42 Å². The van der Waals surface area contributed by atoms with Crippen LogP contribution in [0.2, 0.25) is 0 Å². The number of hydrogen-bond donors (Lipinski definition) is 1. The Bertz CT molecular complexity index is 637. The van der Waals surface area contributed by atoms with E-state index >= 15 is 0 Å². The lowest BCUT2D eigenvalue weighted by Crippen LogP contribution is -2.05. The summed E-state index contributed by atoms with van der Waals surface area (Å²) in [6.07, 6.45) is 7.94. The second kappa shape index (κ2) is 4.45. The third-order valence-electron chi connectivity index (χ3n) is 1.94. The number of rotatable bonds is 3. The fourth-order valence-electron chi connectivity index (χ4n) is 1.24. The Hall–Kier alpha value is -2.42. The Labute approximate surface area is 105 Å². The normalized spacial score (nSPS) is 10.7. The minimum Gasteiger partial charge on any atom is -0.440 e. The molecule has 3 aromatic rings. The highest BCUT2D eigenvalue weighted by Crippen LogP contribution is 2.23. The van der Waals surface area contributed by atoms with Gasteiger partial charge in [-0.15, -0.1) is 0 Å². The summed E-state index contributed by atoms with van der Waals surface area (Å²) in [6, 6.07) is 0. The molecule has 0 aliphatic carbocycles. The molecular formula is C9H7N7OS. The van der Waals surface area contributed by atoms with E-state index in [1.54, 1.807) is 29.5 Å². The summed E-state index contributed by atoms with van der Waals surface area (Å²) >= 11 is 1.17. The molecule has 0 fully saturated rings. The maximum atomic E-state index is 5.63.